The summed E-state index contributed by atoms with van der Waals surface area (Å²) in [5.74, 6) is 0. The fourth-order valence-electron chi connectivity index (χ4n) is 2.16. The van der Waals surface area contributed by atoms with Crippen LogP contribution in [0.3, 0.4) is 0 Å². The van der Waals surface area contributed by atoms with Gasteiger partial charge in [0.25, 0.3) is 0 Å². The smallest absolute Gasteiger partial charge is 0.217 e. The van der Waals surface area contributed by atoms with Crippen LogP contribution < -0.4 is 5.64 Å². The maximum atomic E-state index is 6.10. The Morgan fingerprint density at radius 3 is 1.38 bits per heavy atom. The second-order valence-corrected chi connectivity index (χ2v) is 5.17. The highest BCUT2D eigenvalue weighted by Gasteiger charge is 2.06. The van der Waals surface area contributed by atoms with Crippen LogP contribution in [0.15, 0.2) is 0 Å². The van der Waals surface area contributed by atoms with Gasteiger partial charge in [0.1, 0.15) is 0 Å². The van der Waals surface area contributed by atoms with Crippen LogP contribution in [0.1, 0.15) is 78.1 Å². The summed E-state index contributed by atoms with van der Waals surface area (Å²) in [7, 11) is 0. The second kappa shape index (κ2) is 13.1. The molecular weight excluding hydrogens is 193 g/mol. The summed E-state index contributed by atoms with van der Waals surface area (Å²) in [6.45, 7) is 5.01. The monoisotopic (exact) mass is 225 g/mol. The van der Waals surface area contributed by atoms with Crippen LogP contribution >= 0.6 is 0 Å². The molecule has 0 amide bonds. The zero-order valence-electron chi connectivity index (χ0n) is 11.6. The summed E-state index contributed by atoms with van der Waals surface area (Å²) in [5, 5.41) is 0. The third-order valence-electron chi connectivity index (χ3n) is 3.36. The highest BCUT2D eigenvalue weighted by Crippen LogP contribution is 2.11. The van der Waals surface area contributed by atoms with Crippen LogP contribution in [0.2, 0.25) is 12.6 Å². The highest BCUT2D eigenvalue weighted by atomic mass is 14.4. The Balaban J connectivity index is 3.09. The number of rotatable bonds is 12. The lowest BCUT2D eigenvalue weighted by Crippen LogP contribution is -2.24. The average Bonchev–Trinajstić information content (AvgIpc) is 2.28. The Bertz CT molecular complexity index is 114. The topological polar surface area (TPSA) is 26.0 Å². The van der Waals surface area contributed by atoms with Crippen LogP contribution in [0.5, 0.6) is 0 Å². The molecule has 0 spiro atoms. The fraction of sp³-hybridized carbons (Fsp3) is 1.00. The van der Waals surface area contributed by atoms with Gasteiger partial charge in [0.05, 0.1) is 0 Å². The van der Waals surface area contributed by atoms with Crippen molar-refractivity contribution in [2.24, 2.45) is 5.64 Å². The summed E-state index contributed by atoms with van der Waals surface area (Å²) in [6.07, 6.45) is 16.2. The average molecular weight is 225 g/mol. The quantitative estimate of drug-likeness (QED) is 0.372. The Hall–Kier alpha value is 0.0249. The van der Waals surface area contributed by atoms with Crippen molar-refractivity contribution >= 4 is 6.85 Å². The van der Waals surface area contributed by atoms with E-state index in [1.165, 1.54) is 76.8 Å². The third kappa shape index (κ3) is 12.1. The van der Waals surface area contributed by atoms with E-state index < -0.39 is 0 Å². The first kappa shape index (κ1) is 16.0. The molecule has 0 heterocycles. The lowest BCUT2D eigenvalue weighted by molar-refractivity contribution is 0.645. The van der Waals surface area contributed by atoms with Crippen molar-refractivity contribution in [3.05, 3.63) is 0 Å². The minimum Gasteiger partial charge on any atom is -0.370 e. The molecular formula is C14H32BN. The van der Waals surface area contributed by atoms with E-state index >= 15 is 0 Å². The zero-order chi connectivity index (χ0) is 12.1. The highest BCUT2D eigenvalue weighted by molar-refractivity contribution is 6.55. The van der Waals surface area contributed by atoms with Crippen molar-refractivity contribution < 1.29 is 0 Å². The molecule has 0 radical (unpaired) electrons. The van der Waals surface area contributed by atoms with Gasteiger partial charge in [-0.2, -0.15) is 0 Å². The van der Waals surface area contributed by atoms with Crippen LogP contribution in [0.25, 0.3) is 0 Å². The maximum Gasteiger partial charge on any atom is 0.217 e. The van der Waals surface area contributed by atoms with Gasteiger partial charge in [0.15, 0.2) is 0 Å². The molecule has 16 heavy (non-hydrogen) atoms. The number of nitrogens with two attached hydrogens (primary N) is 1. The SMILES string of the molecule is CCCCCCCB(N)CCCCCCC. The molecule has 0 aliphatic heterocycles. The lowest BCUT2D eigenvalue weighted by Gasteiger charge is -2.07. The summed E-state index contributed by atoms with van der Waals surface area (Å²) in [4.78, 5) is 0. The molecule has 0 aromatic heterocycles. The molecule has 0 saturated heterocycles. The van der Waals surface area contributed by atoms with E-state index in [-0.39, 0.29) is 0 Å². The molecule has 96 valence electrons. The zero-order valence-corrected chi connectivity index (χ0v) is 11.6. The molecule has 2 N–H and O–H groups in total. The van der Waals surface area contributed by atoms with Crippen LogP contribution in [-0.2, 0) is 0 Å². The molecule has 0 unspecified atom stereocenters. The van der Waals surface area contributed by atoms with Gasteiger partial charge in [-0.05, 0) is 0 Å². The van der Waals surface area contributed by atoms with Crippen molar-refractivity contribution in [1.29, 1.82) is 0 Å². The maximum absolute atomic E-state index is 6.10. The van der Waals surface area contributed by atoms with Gasteiger partial charge in [-0.15, -0.1) is 0 Å². The first-order valence-electron chi connectivity index (χ1n) is 7.56. The number of hydrogen-bond acceptors (Lipinski definition) is 1. The third-order valence-corrected chi connectivity index (χ3v) is 3.36. The first-order chi connectivity index (χ1) is 7.81. The summed E-state index contributed by atoms with van der Waals surface area (Å²) in [5.41, 5.74) is 6.10. The van der Waals surface area contributed by atoms with Crippen molar-refractivity contribution in [3.63, 3.8) is 0 Å². The summed E-state index contributed by atoms with van der Waals surface area (Å²) in [6, 6.07) is 0. The van der Waals surface area contributed by atoms with E-state index in [0.717, 1.165) is 0 Å². The Labute approximate surface area is 104 Å². The molecule has 0 bridgehead atoms. The van der Waals surface area contributed by atoms with E-state index in [4.69, 9.17) is 5.64 Å². The Morgan fingerprint density at radius 2 is 1.00 bits per heavy atom. The van der Waals surface area contributed by atoms with Crippen LogP contribution in [-0.4, -0.2) is 6.85 Å². The second-order valence-electron chi connectivity index (χ2n) is 5.17. The number of hydrogen-bond donors (Lipinski definition) is 1. The van der Waals surface area contributed by atoms with Crippen molar-refractivity contribution in [1.82, 2.24) is 0 Å². The Kier molecular flexibility index (Phi) is 13.1. The first-order valence-corrected chi connectivity index (χ1v) is 7.56. The van der Waals surface area contributed by atoms with Crippen molar-refractivity contribution in [2.45, 2.75) is 90.7 Å². The summed E-state index contributed by atoms with van der Waals surface area (Å²) < 4.78 is 0. The minimum absolute atomic E-state index is 0.475. The predicted molar refractivity (Wildman–Crippen MR) is 77.1 cm³/mol. The standard InChI is InChI=1S/C14H32BN/c1-3-5-7-9-11-13-15(16)14-12-10-8-6-4-2/h3-14,16H2,1-2H3. The van der Waals surface area contributed by atoms with Gasteiger partial charge in [0, 0.05) is 0 Å². The molecule has 0 atom stereocenters. The molecule has 0 saturated carbocycles. The van der Waals surface area contributed by atoms with Crippen molar-refractivity contribution in [3.8, 4) is 0 Å². The van der Waals surface area contributed by atoms with E-state index in [9.17, 15) is 0 Å². The van der Waals surface area contributed by atoms with Gasteiger partial charge < -0.3 is 5.64 Å². The number of unbranched alkanes of at least 4 members (excludes halogenated alkanes) is 8. The van der Waals surface area contributed by atoms with E-state index in [1.807, 2.05) is 0 Å². The molecule has 0 aliphatic rings. The molecule has 0 aromatic carbocycles. The van der Waals surface area contributed by atoms with E-state index in [2.05, 4.69) is 13.8 Å². The molecule has 2 heteroatoms. The molecule has 1 nitrogen and oxygen atoms in total. The van der Waals surface area contributed by atoms with Gasteiger partial charge in [-0.3, -0.25) is 0 Å². The van der Waals surface area contributed by atoms with Gasteiger partial charge in [-0.25, -0.2) is 0 Å². The van der Waals surface area contributed by atoms with Crippen molar-refractivity contribution in [2.75, 3.05) is 0 Å². The minimum atomic E-state index is 0.475. The van der Waals surface area contributed by atoms with E-state index in [1.54, 1.807) is 0 Å². The van der Waals surface area contributed by atoms with Gasteiger partial charge in [-0.1, -0.05) is 90.7 Å². The normalized spacial score (nSPS) is 10.7. The van der Waals surface area contributed by atoms with Gasteiger partial charge >= 0.3 is 0 Å². The van der Waals surface area contributed by atoms with Gasteiger partial charge in [0.2, 0.25) is 6.85 Å². The predicted octanol–water partition coefficient (Wildman–Crippen LogP) is 4.88. The van der Waals surface area contributed by atoms with Crippen LogP contribution in [0.4, 0.5) is 0 Å². The molecule has 0 aliphatic carbocycles. The van der Waals surface area contributed by atoms with E-state index in [0.29, 0.717) is 6.85 Å². The van der Waals surface area contributed by atoms with Crippen LogP contribution in [0, 0.1) is 0 Å². The molecule has 0 aromatic rings. The summed E-state index contributed by atoms with van der Waals surface area (Å²) >= 11 is 0. The Morgan fingerprint density at radius 1 is 0.625 bits per heavy atom. The largest absolute Gasteiger partial charge is 0.370 e. The molecule has 0 fully saturated rings. The fourth-order valence-corrected chi connectivity index (χ4v) is 2.16. The molecule has 0 rings (SSSR count). The lowest BCUT2D eigenvalue weighted by atomic mass is 9.56.